The molecule has 3 unspecified atom stereocenters. The maximum Gasteiger partial charge on any atom is 0.00698 e. The molecule has 3 N–H and O–H groups in total. The highest BCUT2D eigenvalue weighted by molar-refractivity contribution is 4.94. The second-order valence-electron chi connectivity index (χ2n) is 7.70. The van der Waals surface area contributed by atoms with Gasteiger partial charge in [0, 0.05) is 12.6 Å². The van der Waals surface area contributed by atoms with Crippen LogP contribution in [0.5, 0.6) is 0 Å². The Morgan fingerprint density at radius 3 is 2.44 bits per heavy atom. The van der Waals surface area contributed by atoms with Crippen LogP contribution < -0.4 is 11.1 Å². The molecule has 0 aromatic rings. The Bertz CT molecular complexity index is 258. The van der Waals surface area contributed by atoms with Gasteiger partial charge in [-0.05, 0) is 48.5 Å². The van der Waals surface area contributed by atoms with Crippen LogP contribution in [0.25, 0.3) is 0 Å². The summed E-state index contributed by atoms with van der Waals surface area (Å²) in [6.45, 7) is 16.3. The molecule has 0 bridgehead atoms. The molecule has 0 heterocycles. The topological polar surface area (TPSA) is 38.0 Å². The zero-order valence-corrected chi connectivity index (χ0v) is 13.3. The molecule has 1 rings (SSSR count). The van der Waals surface area contributed by atoms with Crippen LogP contribution in [0, 0.1) is 22.7 Å². The lowest BCUT2D eigenvalue weighted by Crippen LogP contribution is -2.50. The third-order valence-corrected chi connectivity index (χ3v) is 5.67. The monoisotopic (exact) mass is 254 g/mol. The first kappa shape index (κ1) is 16.0. The minimum atomic E-state index is 0.362. The molecule has 0 aliphatic heterocycles. The third kappa shape index (κ3) is 3.71. The fraction of sp³-hybridized carbons (Fsp3) is 1.00. The number of nitrogens with two attached hydrogens (primary N) is 1. The van der Waals surface area contributed by atoms with Crippen LogP contribution in [0.15, 0.2) is 0 Å². The van der Waals surface area contributed by atoms with Crippen molar-refractivity contribution in [2.75, 3.05) is 13.1 Å². The third-order valence-electron chi connectivity index (χ3n) is 5.67. The van der Waals surface area contributed by atoms with Gasteiger partial charge in [0.25, 0.3) is 0 Å². The van der Waals surface area contributed by atoms with E-state index in [1.54, 1.807) is 0 Å². The van der Waals surface area contributed by atoms with Crippen LogP contribution in [0.1, 0.15) is 60.8 Å². The fourth-order valence-electron chi connectivity index (χ4n) is 3.01. The molecule has 0 saturated heterocycles. The summed E-state index contributed by atoms with van der Waals surface area (Å²) in [5.41, 5.74) is 6.99. The molecule has 0 spiro atoms. The summed E-state index contributed by atoms with van der Waals surface area (Å²) in [5.74, 6) is 1.39. The van der Waals surface area contributed by atoms with Gasteiger partial charge in [-0.1, -0.05) is 41.5 Å². The first-order valence-corrected chi connectivity index (χ1v) is 7.67. The van der Waals surface area contributed by atoms with Crippen LogP contribution in [0.2, 0.25) is 0 Å². The van der Waals surface area contributed by atoms with Gasteiger partial charge in [-0.15, -0.1) is 0 Å². The summed E-state index contributed by atoms with van der Waals surface area (Å²) in [7, 11) is 0. The number of hydrogen-bond donors (Lipinski definition) is 2. The van der Waals surface area contributed by atoms with Crippen LogP contribution in [0.3, 0.4) is 0 Å². The molecule has 1 fully saturated rings. The average Bonchev–Trinajstić information content (AvgIpc) is 2.30. The van der Waals surface area contributed by atoms with E-state index in [2.05, 4.69) is 46.9 Å². The minimum Gasteiger partial charge on any atom is -0.327 e. The molecular weight excluding hydrogens is 220 g/mol. The molecular formula is C16H34N2. The van der Waals surface area contributed by atoms with Crippen molar-refractivity contribution < 1.29 is 0 Å². The Kier molecular flexibility index (Phi) is 5.25. The van der Waals surface area contributed by atoms with Crippen LogP contribution >= 0.6 is 0 Å². The van der Waals surface area contributed by atoms with Crippen molar-refractivity contribution in [3.63, 3.8) is 0 Å². The van der Waals surface area contributed by atoms with Gasteiger partial charge in [0.05, 0.1) is 0 Å². The minimum absolute atomic E-state index is 0.362. The second kappa shape index (κ2) is 5.92. The predicted octanol–water partition coefficient (Wildman–Crippen LogP) is 3.41. The van der Waals surface area contributed by atoms with Crippen molar-refractivity contribution in [2.24, 2.45) is 28.4 Å². The lowest BCUT2D eigenvalue weighted by molar-refractivity contribution is 0.0525. The standard InChI is InChI=1S/C16H34N2/c1-7-15(3,4)11-18-10-13-8-9-14(17)12(2)16(13,5)6/h12-14,18H,7-11,17H2,1-6H3. The van der Waals surface area contributed by atoms with E-state index in [4.69, 9.17) is 5.73 Å². The SMILES string of the molecule is CCC(C)(C)CNCC1CCC(N)C(C)C1(C)C. The maximum absolute atomic E-state index is 6.22. The van der Waals surface area contributed by atoms with E-state index in [1.165, 1.54) is 19.3 Å². The maximum atomic E-state index is 6.22. The molecule has 2 heteroatoms. The lowest BCUT2D eigenvalue weighted by Gasteiger charge is -2.47. The average molecular weight is 254 g/mol. The molecule has 3 atom stereocenters. The smallest absolute Gasteiger partial charge is 0.00698 e. The molecule has 0 amide bonds. The van der Waals surface area contributed by atoms with Crippen molar-refractivity contribution in [1.82, 2.24) is 5.32 Å². The first-order valence-electron chi connectivity index (χ1n) is 7.67. The van der Waals surface area contributed by atoms with Gasteiger partial charge in [0.15, 0.2) is 0 Å². The van der Waals surface area contributed by atoms with Gasteiger partial charge in [0.1, 0.15) is 0 Å². The highest BCUT2D eigenvalue weighted by Gasteiger charge is 2.41. The summed E-state index contributed by atoms with van der Waals surface area (Å²) in [6.07, 6.45) is 3.70. The van der Waals surface area contributed by atoms with E-state index in [-0.39, 0.29) is 0 Å². The Balaban J connectivity index is 2.47. The summed E-state index contributed by atoms with van der Waals surface area (Å²) in [6, 6.07) is 0.392. The van der Waals surface area contributed by atoms with Gasteiger partial charge in [-0.3, -0.25) is 0 Å². The predicted molar refractivity (Wildman–Crippen MR) is 80.6 cm³/mol. The van der Waals surface area contributed by atoms with Crippen LogP contribution in [-0.4, -0.2) is 19.1 Å². The van der Waals surface area contributed by atoms with E-state index >= 15 is 0 Å². The Morgan fingerprint density at radius 2 is 1.89 bits per heavy atom. The van der Waals surface area contributed by atoms with Gasteiger partial charge in [0.2, 0.25) is 0 Å². The highest BCUT2D eigenvalue weighted by atomic mass is 14.9. The summed E-state index contributed by atoms with van der Waals surface area (Å²) in [4.78, 5) is 0. The fourth-order valence-corrected chi connectivity index (χ4v) is 3.01. The van der Waals surface area contributed by atoms with Gasteiger partial charge >= 0.3 is 0 Å². The molecule has 0 radical (unpaired) electrons. The molecule has 0 aromatic carbocycles. The zero-order valence-electron chi connectivity index (χ0n) is 13.3. The first-order chi connectivity index (χ1) is 8.20. The van der Waals surface area contributed by atoms with Gasteiger partial charge < -0.3 is 11.1 Å². The van der Waals surface area contributed by atoms with E-state index < -0.39 is 0 Å². The van der Waals surface area contributed by atoms with Crippen molar-refractivity contribution in [3.05, 3.63) is 0 Å². The van der Waals surface area contributed by atoms with Crippen molar-refractivity contribution >= 4 is 0 Å². The largest absolute Gasteiger partial charge is 0.327 e. The second-order valence-corrected chi connectivity index (χ2v) is 7.70. The molecule has 1 saturated carbocycles. The van der Waals surface area contributed by atoms with E-state index in [0.29, 0.717) is 22.8 Å². The number of nitrogens with one attached hydrogen (secondary N) is 1. The zero-order chi connectivity index (χ0) is 14.0. The van der Waals surface area contributed by atoms with Crippen LogP contribution in [0.4, 0.5) is 0 Å². The van der Waals surface area contributed by atoms with E-state index in [0.717, 1.165) is 19.0 Å². The molecule has 0 aromatic heterocycles. The van der Waals surface area contributed by atoms with Crippen molar-refractivity contribution in [3.8, 4) is 0 Å². The summed E-state index contributed by atoms with van der Waals surface area (Å²) >= 11 is 0. The highest BCUT2D eigenvalue weighted by Crippen LogP contribution is 2.44. The normalized spacial score (nSPS) is 32.5. The quantitative estimate of drug-likeness (QED) is 0.789. The molecule has 2 nitrogen and oxygen atoms in total. The van der Waals surface area contributed by atoms with Gasteiger partial charge in [-0.25, -0.2) is 0 Å². The van der Waals surface area contributed by atoms with Crippen molar-refractivity contribution in [1.29, 1.82) is 0 Å². The molecule has 18 heavy (non-hydrogen) atoms. The Labute approximate surface area is 114 Å². The molecule has 1 aliphatic carbocycles. The Morgan fingerprint density at radius 1 is 1.28 bits per heavy atom. The molecule has 108 valence electrons. The van der Waals surface area contributed by atoms with E-state index in [1.807, 2.05) is 0 Å². The summed E-state index contributed by atoms with van der Waals surface area (Å²) < 4.78 is 0. The lowest BCUT2D eigenvalue weighted by atomic mass is 9.61. The summed E-state index contributed by atoms with van der Waals surface area (Å²) in [5, 5.41) is 3.70. The Hall–Kier alpha value is -0.0800. The van der Waals surface area contributed by atoms with E-state index in [9.17, 15) is 0 Å². The van der Waals surface area contributed by atoms with Crippen LogP contribution in [-0.2, 0) is 0 Å². The number of hydrogen-bond acceptors (Lipinski definition) is 2. The number of rotatable bonds is 5. The molecule has 1 aliphatic rings. The van der Waals surface area contributed by atoms with Crippen molar-refractivity contribution in [2.45, 2.75) is 66.8 Å². The van der Waals surface area contributed by atoms with Gasteiger partial charge in [-0.2, -0.15) is 0 Å².